The molecule has 0 aliphatic rings. The molecule has 3 rings (SSSR count). The van der Waals surface area contributed by atoms with Crippen LogP contribution >= 0.6 is 0 Å². The summed E-state index contributed by atoms with van der Waals surface area (Å²) in [6.45, 7) is 6.44. The predicted molar refractivity (Wildman–Crippen MR) is 95.0 cm³/mol. The zero-order chi connectivity index (χ0) is 17.4. The van der Waals surface area contributed by atoms with Gasteiger partial charge in [-0.2, -0.15) is 5.10 Å². The van der Waals surface area contributed by atoms with E-state index in [9.17, 15) is 4.79 Å². The van der Waals surface area contributed by atoms with Crippen molar-refractivity contribution in [2.45, 2.75) is 27.3 Å². The monoisotopic (exact) mass is 322 g/mol. The summed E-state index contributed by atoms with van der Waals surface area (Å²) in [6.07, 6.45) is 0. The highest BCUT2D eigenvalue weighted by atomic mass is 16.2. The molecule has 1 amide bonds. The SMILES string of the molecule is Cc1ccc(CN(C)C(=O)c2cc(C)nc3c2c(C)nn3C)cc1. The third-order valence-electron chi connectivity index (χ3n) is 4.21. The van der Waals surface area contributed by atoms with Crippen molar-refractivity contribution >= 4 is 16.9 Å². The number of fused-ring (bicyclic) bond motifs is 1. The van der Waals surface area contributed by atoms with Crippen molar-refractivity contribution in [3.8, 4) is 0 Å². The second kappa shape index (κ2) is 6.07. The van der Waals surface area contributed by atoms with E-state index in [0.717, 1.165) is 28.0 Å². The Morgan fingerprint density at radius 2 is 1.83 bits per heavy atom. The van der Waals surface area contributed by atoms with Gasteiger partial charge in [-0.1, -0.05) is 29.8 Å². The van der Waals surface area contributed by atoms with Gasteiger partial charge in [-0.05, 0) is 32.4 Å². The molecule has 24 heavy (non-hydrogen) atoms. The van der Waals surface area contributed by atoms with E-state index in [-0.39, 0.29) is 5.91 Å². The number of hydrogen-bond acceptors (Lipinski definition) is 3. The van der Waals surface area contributed by atoms with Gasteiger partial charge in [0.1, 0.15) is 0 Å². The summed E-state index contributed by atoms with van der Waals surface area (Å²) < 4.78 is 1.73. The lowest BCUT2D eigenvalue weighted by Gasteiger charge is -2.18. The molecule has 0 atom stereocenters. The van der Waals surface area contributed by atoms with Crippen LogP contribution in [0.1, 0.15) is 32.9 Å². The van der Waals surface area contributed by atoms with Crippen molar-refractivity contribution in [1.29, 1.82) is 0 Å². The lowest BCUT2D eigenvalue weighted by Crippen LogP contribution is -2.26. The molecular weight excluding hydrogens is 300 g/mol. The van der Waals surface area contributed by atoms with Crippen molar-refractivity contribution in [1.82, 2.24) is 19.7 Å². The highest BCUT2D eigenvalue weighted by Crippen LogP contribution is 2.23. The van der Waals surface area contributed by atoms with E-state index in [2.05, 4.69) is 41.3 Å². The number of rotatable bonds is 3. The fraction of sp³-hybridized carbons (Fsp3) is 0.316. The molecule has 0 radical (unpaired) electrons. The molecule has 5 heteroatoms. The van der Waals surface area contributed by atoms with Crippen molar-refractivity contribution in [3.05, 3.63) is 58.4 Å². The standard InChI is InChI=1S/C19H22N4O/c1-12-6-8-15(9-7-12)11-22(4)19(24)16-10-13(2)20-18-17(16)14(3)21-23(18)5/h6-10H,11H2,1-5H3. The van der Waals surface area contributed by atoms with Gasteiger partial charge in [-0.15, -0.1) is 0 Å². The van der Waals surface area contributed by atoms with Crippen LogP contribution in [0.2, 0.25) is 0 Å². The maximum Gasteiger partial charge on any atom is 0.254 e. The van der Waals surface area contributed by atoms with E-state index in [4.69, 9.17) is 0 Å². The van der Waals surface area contributed by atoms with Gasteiger partial charge in [-0.25, -0.2) is 4.98 Å². The highest BCUT2D eigenvalue weighted by Gasteiger charge is 2.20. The Bertz CT molecular complexity index is 909. The summed E-state index contributed by atoms with van der Waals surface area (Å²) in [7, 11) is 3.68. The lowest BCUT2D eigenvalue weighted by molar-refractivity contribution is 0.0787. The molecule has 3 aromatic rings. The Labute approximate surface area is 141 Å². The Morgan fingerprint density at radius 3 is 2.50 bits per heavy atom. The fourth-order valence-corrected chi connectivity index (χ4v) is 2.98. The number of amides is 1. The van der Waals surface area contributed by atoms with Gasteiger partial charge in [0, 0.05) is 26.3 Å². The van der Waals surface area contributed by atoms with Gasteiger partial charge in [0.05, 0.1) is 16.6 Å². The van der Waals surface area contributed by atoms with Crippen LogP contribution in [0.3, 0.4) is 0 Å². The third kappa shape index (κ3) is 2.89. The van der Waals surface area contributed by atoms with E-state index in [1.54, 1.807) is 9.58 Å². The van der Waals surface area contributed by atoms with Gasteiger partial charge in [0.25, 0.3) is 5.91 Å². The normalized spacial score (nSPS) is 11.0. The molecular formula is C19H22N4O. The number of hydrogen-bond donors (Lipinski definition) is 0. The molecule has 5 nitrogen and oxygen atoms in total. The predicted octanol–water partition coefficient (Wildman–Crippen LogP) is 3.17. The van der Waals surface area contributed by atoms with E-state index >= 15 is 0 Å². The summed E-state index contributed by atoms with van der Waals surface area (Å²) in [5.74, 6) is -0.0119. The average molecular weight is 322 g/mol. The van der Waals surface area contributed by atoms with Gasteiger partial charge in [0.2, 0.25) is 0 Å². The molecule has 0 N–H and O–H groups in total. The second-order valence-electron chi connectivity index (χ2n) is 6.37. The third-order valence-corrected chi connectivity index (χ3v) is 4.21. The van der Waals surface area contributed by atoms with E-state index in [0.29, 0.717) is 12.1 Å². The van der Waals surface area contributed by atoms with Crippen LogP contribution in [-0.4, -0.2) is 32.6 Å². The smallest absolute Gasteiger partial charge is 0.254 e. The molecule has 0 unspecified atom stereocenters. The summed E-state index contributed by atoms with van der Waals surface area (Å²) in [6, 6.07) is 10.1. The topological polar surface area (TPSA) is 51.0 Å². The first kappa shape index (κ1) is 16.2. The van der Waals surface area contributed by atoms with Crippen LogP contribution in [-0.2, 0) is 13.6 Å². The molecule has 0 saturated carbocycles. The van der Waals surface area contributed by atoms with Crippen LogP contribution in [0.5, 0.6) is 0 Å². The molecule has 0 aliphatic carbocycles. The minimum absolute atomic E-state index is 0.0119. The first-order chi connectivity index (χ1) is 11.4. The molecule has 0 bridgehead atoms. The van der Waals surface area contributed by atoms with Crippen LogP contribution in [0.4, 0.5) is 0 Å². The van der Waals surface area contributed by atoms with E-state index in [1.807, 2.05) is 34.0 Å². The van der Waals surface area contributed by atoms with Gasteiger partial charge in [-0.3, -0.25) is 9.48 Å². The number of carbonyl (C=O) groups is 1. The molecule has 1 aromatic carbocycles. The van der Waals surface area contributed by atoms with E-state index in [1.165, 1.54) is 5.56 Å². The van der Waals surface area contributed by atoms with Gasteiger partial charge in [0.15, 0.2) is 5.65 Å². The molecule has 2 heterocycles. The minimum atomic E-state index is -0.0119. The largest absolute Gasteiger partial charge is 0.337 e. The Hall–Kier alpha value is -2.69. The quantitative estimate of drug-likeness (QED) is 0.744. The van der Waals surface area contributed by atoms with Crippen molar-refractivity contribution in [2.24, 2.45) is 7.05 Å². The Kier molecular flexibility index (Phi) is 4.09. The van der Waals surface area contributed by atoms with Crippen LogP contribution < -0.4 is 0 Å². The van der Waals surface area contributed by atoms with Crippen LogP contribution in [0.15, 0.2) is 30.3 Å². The first-order valence-corrected chi connectivity index (χ1v) is 7.99. The summed E-state index contributed by atoms with van der Waals surface area (Å²) in [4.78, 5) is 19.3. The maximum absolute atomic E-state index is 13.0. The molecule has 0 spiro atoms. The molecule has 0 saturated heterocycles. The van der Waals surface area contributed by atoms with Crippen molar-refractivity contribution in [2.75, 3.05) is 7.05 Å². The molecule has 0 aliphatic heterocycles. The number of pyridine rings is 1. The highest BCUT2D eigenvalue weighted by molar-refractivity contribution is 6.06. The van der Waals surface area contributed by atoms with Crippen LogP contribution in [0, 0.1) is 20.8 Å². The maximum atomic E-state index is 13.0. The number of benzene rings is 1. The zero-order valence-corrected chi connectivity index (χ0v) is 14.8. The Morgan fingerprint density at radius 1 is 1.17 bits per heavy atom. The average Bonchev–Trinajstić information content (AvgIpc) is 2.82. The zero-order valence-electron chi connectivity index (χ0n) is 14.8. The second-order valence-corrected chi connectivity index (χ2v) is 6.37. The molecule has 0 fully saturated rings. The minimum Gasteiger partial charge on any atom is -0.337 e. The van der Waals surface area contributed by atoms with Gasteiger partial charge >= 0.3 is 0 Å². The Balaban J connectivity index is 1.97. The number of aryl methyl sites for hydroxylation is 4. The molecule has 2 aromatic heterocycles. The summed E-state index contributed by atoms with van der Waals surface area (Å²) >= 11 is 0. The lowest BCUT2D eigenvalue weighted by atomic mass is 10.1. The molecule has 124 valence electrons. The summed E-state index contributed by atoms with van der Waals surface area (Å²) in [5.41, 5.74) is 5.38. The number of nitrogens with zero attached hydrogens (tertiary/aromatic N) is 4. The van der Waals surface area contributed by atoms with Crippen molar-refractivity contribution < 1.29 is 4.79 Å². The van der Waals surface area contributed by atoms with Crippen LogP contribution in [0.25, 0.3) is 11.0 Å². The van der Waals surface area contributed by atoms with Gasteiger partial charge < -0.3 is 4.90 Å². The van der Waals surface area contributed by atoms with E-state index < -0.39 is 0 Å². The number of carbonyl (C=O) groups excluding carboxylic acids is 1. The van der Waals surface area contributed by atoms with Crippen molar-refractivity contribution in [3.63, 3.8) is 0 Å². The summed E-state index contributed by atoms with van der Waals surface area (Å²) in [5, 5.41) is 5.25. The fourth-order valence-electron chi connectivity index (χ4n) is 2.98. The number of aromatic nitrogens is 3. The first-order valence-electron chi connectivity index (χ1n) is 7.99.